The Balaban J connectivity index is 3.84. The van der Waals surface area contributed by atoms with Gasteiger partial charge in [0.1, 0.15) is 5.21 Å². The second-order valence-electron chi connectivity index (χ2n) is 2.20. The first-order valence-corrected chi connectivity index (χ1v) is 6.65. The molecule has 0 amide bonds. The summed E-state index contributed by atoms with van der Waals surface area (Å²) in [5.74, 6) is 0.760. The van der Waals surface area contributed by atoms with Gasteiger partial charge in [0.05, 0.1) is 0 Å². The number of thioether (sulfide) groups is 1. The van der Waals surface area contributed by atoms with Crippen LogP contribution in [-0.4, -0.2) is 31.7 Å². The average Bonchev–Trinajstić information content (AvgIpc) is 1.87. The predicted octanol–water partition coefficient (Wildman–Crippen LogP) is 0.854. The Morgan fingerprint density at radius 1 is 1.64 bits per heavy atom. The average molecular weight is 218 g/mol. The number of sulfonamides is 1. The molecular weight excluding hydrogens is 206 g/mol. The van der Waals surface area contributed by atoms with Gasteiger partial charge in [0.2, 0.25) is 10.0 Å². The van der Waals surface area contributed by atoms with Crippen molar-refractivity contribution in [3.05, 3.63) is 0 Å². The summed E-state index contributed by atoms with van der Waals surface area (Å²) in [6, 6.07) is -0.0475. The van der Waals surface area contributed by atoms with Gasteiger partial charge in [-0.25, -0.2) is 13.1 Å². The highest BCUT2D eigenvalue weighted by molar-refractivity contribution is 7.98. The van der Waals surface area contributed by atoms with Crippen LogP contribution < -0.4 is 4.72 Å². The van der Waals surface area contributed by atoms with Crippen LogP contribution in [0.15, 0.2) is 0 Å². The van der Waals surface area contributed by atoms with Crippen LogP contribution in [0.1, 0.15) is 6.92 Å². The first-order chi connectivity index (χ1) is 5.02. The standard InChI is InChI=1S/C5H12ClNO2S2/c1-5(3-10-2)7-11(8,9)4-6/h5,7H,3-4H2,1-2H3. The molecule has 0 saturated carbocycles. The van der Waals surface area contributed by atoms with Crippen molar-refractivity contribution in [2.75, 3.05) is 17.2 Å². The third kappa shape index (κ3) is 5.78. The minimum atomic E-state index is -3.24. The summed E-state index contributed by atoms with van der Waals surface area (Å²) < 4.78 is 24.1. The maximum atomic E-state index is 10.8. The predicted molar refractivity (Wildman–Crippen MR) is 50.6 cm³/mol. The molecule has 0 heterocycles. The SMILES string of the molecule is CSCC(C)NS(=O)(=O)CCl. The molecule has 0 bridgehead atoms. The Morgan fingerprint density at radius 2 is 2.18 bits per heavy atom. The summed E-state index contributed by atoms with van der Waals surface area (Å²) >= 11 is 6.77. The molecule has 0 rings (SSSR count). The molecular formula is C5H12ClNO2S2. The van der Waals surface area contributed by atoms with Crippen molar-refractivity contribution in [3.63, 3.8) is 0 Å². The molecule has 1 atom stereocenters. The van der Waals surface area contributed by atoms with Crippen LogP contribution in [-0.2, 0) is 10.0 Å². The van der Waals surface area contributed by atoms with E-state index in [1.807, 2.05) is 6.26 Å². The maximum Gasteiger partial charge on any atom is 0.225 e. The van der Waals surface area contributed by atoms with E-state index in [4.69, 9.17) is 11.6 Å². The van der Waals surface area contributed by atoms with E-state index in [0.717, 1.165) is 5.75 Å². The Kier molecular flexibility index (Phi) is 5.50. The molecule has 0 aromatic carbocycles. The van der Waals surface area contributed by atoms with Crippen LogP contribution in [0.3, 0.4) is 0 Å². The lowest BCUT2D eigenvalue weighted by Gasteiger charge is -2.10. The highest BCUT2D eigenvalue weighted by atomic mass is 35.5. The third-order valence-corrected chi connectivity index (χ3v) is 3.69. The second-order valence-corrected chi connectivity index (χ2v) is 5.45. The summed E-state index contributed by atoms with van der Waals surface area (Å²) in [6.45, 7) is 1.81. The van der Waals surface area contributed by atoms with Crippen molar-refractivity contribution < 1.29 is 8.42 Å². The first kappa shape index (κ1) is 11.6. The molecule has 6 heteroatoms. The zero-order valence-electron chi connectivity index (χ0n) is 6.50. The topological polar surface area (TPSA) is 46.2 Å². The molecule has 0 aromatic rings. The van der Waals surface area contributed by atoms with Crippen molar-refractivity contribution in [3.8, 4) is 0 Å². The molecule has 3 nitrogen and oxygen atoms in total. The van der Waals surface area contributed by atoms with Crippen LogP contribution in [0.2, 0.25) is 0 Å². The van der Waals surface area contributed by atoms with E-state index >= 15 is 0 Å². The molecule has 0 aliphatic heterocycles. The molecule has 0 aliphatic carbocycles. The summed E-state index contributed by atoms with van der Waals surface area (Å²) in [6.07, 6.45) is 1.92. The Labute approximate surface area is 76.9 Å². The Hall–Kier alpha value is 0.550. The van der Waals surface area contributed by atoms with Gasteiger partial charge < -0.3 is 0 Å². The van der Waals surface area contributed by atoms with Crippen LogP contribution >= 0.6 is 23.4 Å². The quantitative estimate of drug-likeness (QED) is 0.695. The lowest BCUT2D eigenvalue weighted by molar-refractivity contribution is 0.576. The Morgan fingerprint density at radius 3 is 2.55 bits per heavy atom. The van der Waals surface area contributed by atoms with Gasteiger partial charge in [0, 0.05) is 11.8 Å². The summed E-state index contributed by atoms with van der Waals surface area (Å²) in [5.41, 5.74) is 0. The van der Waals surface area contributed by atoms with E-state index < -0.39 is 10.0 Å². The molecule has 0 fully saturated rings. The van der Waals surface area contributed by atoms with E-state index in [1.54, 1.807) is 18.7 Å². The van der Waals surface area contributed by atoms with Crippen LogP contribution in [0.5, 0.6) is 0 Å². The Bertz CT molecular complexity index is 193. The van der Waals surface area contributed by atoms with Gasteiger partial charge in [-0.1, -0.05) is 0 Å². The van der Waals surface area contributed by atoms with Gasteiger partial charge in [-0.2, -0.15) is 11.8 Å². The van der Waals surface area contributed by atoms with Gasteiger partial charge in [-0.15, -0.1) is 11.6 Å². The van der Waals surface area contributed by atoms with E-state index in [9.17, 15) is 8.42 Å². The monoisotopic (exact) mass is 217 g/mol. The van der Waals surface area contributed by atoms with Crippen molar-refractivity contribution in [2.24, 2.45) is 0 Å². The van der Waals surface area contributed by atoms with Crippen molar-refractivity contribution in [1.29, 1.82) is 0 Å². The normalized spacial score (nSPS) is 14.8. The molecule has 0 saturated heterocycles. The second kappa shape index (κ2) is 5.24. The van der Waals surface area contributed by atoms with Crippen LogP contribution in [0.25, 0.3) is 0 Å². The van der Waals surface area contributed by atoms with Gasteiger partial charge >= 0.3 is 0 Å². The lowest BCUT2D eigenvalue weighted by atomic mass is 10.4. The molecule has 11 heavy (non-hydrogen) atoms. The number of hydrogen-bond acceptors (Lipinski definition) is 3. The molecule has 1 unspecified atom stereocenters. The van der Waals surface area contributed by atoms with Crippen molar-refractivity contribution in [1.82, 2.24) is 4.72 Å². The van der Waals surface area contributed by atoms with Gasteiger partial charge in [0.15, 0.2) is 0 Å². The number of nitrogens with one attached hydrogen (secondary N) is 1. The van der Waals surface area contributed by atoms with Crippen LogP contribution in [0, 0.1) is 0 Å². The first-order valence-electron chi connectivity index (χ1n) is 3.06. The molecule has 0 spiro atoms. The van der Waals surface area contributed by atoms with Gasteiger partial charge in [-0.3, -0.25) is 0 Å². The molecule has 0 radical (unpaired) electrons. The molecule has 0 aromatic heterocycles. The summed E-state index contributed by atoms with van der Waals surface area (Å²) in [4.78, 5) is 0. The maximum absolute atomic E-state index is 10.8. The highest BCUT2D eigenvalue weighted by Crippen LogP contribution is 1.98. The summed E-state index contributed by atoms with van der Waals surface area (Å²) in [7, 11) is -3.24. The highest BCUT2D eigenvalue weighted by Gasteiger charge is 2.11. The van der Waals surface area contributed by atoms with Crippen molar-refractivity contribution in [2.45, 2.75) is 13.0 Å². The van der Waals surface area contributed by atoms with Gasteiger partial charge in [-0.05, 0) is 13.2 Å². The van der Waals surface area contributed by atoms with Gasteiger partial charge in [0.25, 0.3) is 0 Å². The lowest BCUT2D eigenvalue weighted by Crippen LogP contribution is -2.34. The summed E-state index contributed by atoms with van der Waals surface area (Å²) in [5, 5.41) is -0.369. The number of alkyl halides is 1. The molecule has 68 valence electrons. The van der Waals surface area contributed by atoms with E-state index in [1.165, 1.54) is 0 Å². The van der Waals surface area contributed by atoms with E-state index in [0.29, 0.717) is 0 Å². The van der Waals surface area contributed by atoms with Crippen molar-refractivity contribution >= 4 is 33.4 Å². The fourth-order valence-corrected chi connectivity index (χ4v) is 2.26. The zero-order chi connectivity index (χ0) is 8.91. The minimum absolute atomic E-state index is 0.0475. The fraction of sp³-hybridized carbons (Fsp3) is 1.00. The number of halogens is 1. The zero-order valence-corrected chi connectivity index (χ0v) is 8.89. The minimum Gasteiger partial charge on any atom is -0.211 e. The fourth-order valence-electron chi connectivity index (χ4n) is 0.622. The number of rotatable bonds is 5. The molecule has 0 aliphatic rings. The van der Waals surface area contributed by atoms with E-state index in [-0.39, 0.29) is 11.3 Å². The molecule has 1 N–H and O–H groups in total. The number of hydrogen-bond donors (Lipinski definition) is 1. The smallest absolute Gasteiger partial charge is 0.211 e. The van der Waals surface area contributed by atoms with E-state index in [2.05, 4.69) is 4.72 Å². The third-order valence-electron chi connectivity index (χ3n) is 0.941. The van der Waals surface area contributed by atoms with Crippen LogP contribution in [0.4, 0.5) is 0 Å². The largest absolute Gasteiger partial charge is 0.225 e.